The highest BCUT2D eigenvalue weighted by atomic mass is 35.5. The van der Waals surface area contributed by atoms with E-state index < -0.39 is 0 Å². The van der Waals surface area contributed by atoms with Gasteiger partial charge in [-0.1, -0.05) is 48.9 Å². The van der Waals surface area contributed by atoms with Crippen molar-refractivity contribution in [2.75, 3.05) is 5.73 Å². The molecule has 3 N–H and O–H groups in total. The van der Waals surface area contributed by atoms with E-state index in [1.54, 1.807) is 0 Å². The van der Waals surface area contributed by atoms with E-state index in [1.165, 1.54) is 11.3 Å². The number of hydrogen-bond acceptors (Lipinski definition) is 4. The van der Waals surface area contributed by atoms with Crippen LogP contribution in [0.2, 0.25) is 0 Å². The Bertz CT molecular complexity index is 743. The summed E-state index contributed by atoms with van der Waals surface area (Å²) in [5.74, 6) is 0.378. The number of nitrogen functional groups attached to an aromatic ring is 1. The first-order valence-corrected chi connectivity index (χ1v) is 6.82. The first kappa shape index (κ1) is 16.8. The van der Waals surface area contributed by atoms with Crippen LogP contribution in [0.25, 0.3) is 21.0 Å². The maximum atomic E-state index is 10.4. The standard InChI is InChI=1S/C14H14N2OS.2ClH/c1-2-5-10-12(17)9-7-4-3-6-8(9)11-13(10)18-14(15)16-11;;/h3-4,6-7,17H,2,5H2,1H3,(H2,15,16);2*1H. The van der Waals surface area contributed by atoms with E-state index in [1.807, 2.05) is 24.3 Å². The predicted octanol–water partition coefficient (Wildman–Crippen LogP) is 4.53. The van der Waals surface area contributed by atoms with Crippen LogP contribution < -0.4 is 5.73 Å². The average molecular weight is 331 g/mol. The summed E-state index contributed by atoms with van der Waals surface area (Å²) in [7, 11) is 0. The number of rotatable bonds is 2. The zero-order valence-electron chi connectivity index (χ0n) is 10.9. The van der Waals surface area contributed by atoms with Gasteiger partial charge in [0.25, 0.3) is 0 Å². The van der Waals surface area contributed by atoms with Gasteiger partial charge in [0.15, 0.2) is 5.13 Å². The lowest BCUT2D eigenvalue weighted by molar-refractivity contribution is 0.475. The number of aromatic nitrogens is 1. The second kappa shape index (κ2) is 6.48. The third kappa shape index (κ3) is 2.51. The third-order valence-electron chi connectivity index (χ3n) is 3.14. The monoisotopic (exact) mass is 330 g/mol. The Morgan fingerprint density at radius 1 is 1.20 bits per heavy atom. The molecule has 6 heteroatoms. The quantitative estimate of drug-likeness (QED) is 0.725. The lowest BCUT2D eigenvalue weighted by Gasteiger charge is -2.08. The fourth-order valence-electron chi connectivity index (χ4n) is 2.37. The maximum absolute atomic E-state index is 10.4. The molecule has 0 unspecified atom stereocenters. The Morgan fingerprint density at radius 2 is 1.85 bits per heavy atom. The second-order valence-electron chi connectivity index (χ2n) is 4.35. The minimum atomic E-state index is 0. The van der Waals surface area contributed by atoms with Gasteiger partial charge in [-0.3, -0.25) is 0 Å². The van der Waals surface area contributed by atoms with E-state index in [0.717, 1.165) is 39.4 Å². The summed E-state index contributed by atoms with van der Waals surface area (Å²) in [5.41, 5.74) is 7.71. The molecule has 0 aliphatic rings. The number of phenols is 1. The van der Waals surface area contributed by atoms with Gasteiger partial charge in [0.1, 0.15) is 5.75 Å². The fourth-order valence-corrected chi connectivity index (χ4v) is 3.29. The van der Waals surface area contributed by atoms with Crippen molar-refractivity contribution < 1.29 is 5.11 Å². The van der Waals surface area contributed by atoms with Crippen molar-refractivity contribution in [2.24, 2.45) is 0 Å². The number of thiazole rings is 1. The van der Waals surface area contributed by atoms with E-state index in [9.17, 15) is 5.11 Å². The van der Waals surface area contributed by atoms with Crippen molar-refractivity contribution in [1.29, 1.82) is 0 Å². The highest BCUT2D eigenvalue weighted by Gasteiger charge is 2.16. The Hall–Kier alpha value is -1.23. The molecule has 1 aromatic heterocycles. The molecule has 0 bridgehead atoms. The lowest BCUT2D eigenvalue weighted by atomic mass is 10.0. The number of nitrogens with two attached hydrogens (primary N) is 1. The summed E-state index contributed by atoms with van der Waals surface area (Å²) < 4.78 is 1.02. The van der Waals surface area contributed by atoms with Crippen LogP contribution in [0, 0.1) is 0 Å². The van der Waals surface area contributed by atoms with Gasteiger partial charge in [-0.2, -0.15) is 0 Å². The summed E-state index contributed by atoms with van der Waals surface area (Å²) in [6.07, 6.45) is 1.83. The molecule has 0 aliphatic heterocycles. The molecule has 0 saturated carbocycles. The van der Waals surface area contributed by atoms with Crippen LogP contribution >= 0.6 is 36.2 Å². The summed E-state index contributed by atoms with van der Waals surface area (Å²) in [4.78, 5) is 4.41. The van der Waals surface area contributed by atoms with Gasteiger partial charge in [-0.25, -0.2) is 4.98 Å². The van der Waals surface area contributed by atoms with Crippen molar-refractivity contribution >= 4 is 62.3 Å². The van der Waals surface area contributed by atoms with Crippen LogP contribution in [0.4, 0.5) is 5.13 Å². The molecule has 0 atom stereocenters. The number of nitrogens with zero attached hydrogens (tertiary/aromatic N) is 1. The molecule has 2 aromatic carbocycles. The highest BCUT2D eigenvalue weighted by molar-refractivity contribution is 7.22. The number of benzene rings is 2. The molecule has 0 spiro atoms. The van der Waals surface area contributed by atoms with Crippen LogP contribution in [0.15, 0.2) is 24.3 Å². The number of aryl methyl sites for hydroxylation is 1. The summed E-state index contributed by atoms with van der Waals surface area (Å²) in [6.45, 7) is 2.10. The van der Waals surface area contributed by atoms with E-state index >= 15 is 0 Å². The third-order valence-corrected chi connectivity index (χ3v) is 4.09. The van der Waals surface area contributed by atoms with Gasteiger partial charge in [0.2, 0.25) is 0 Å². The molecule has 3 rings (SSSR count). The summed E-state index contributed by atoms with van der Waals surface area (Å²) in [5, 5.41) is 12.8. The molecule has 108 valence electrons. The SMILES string of the molecule is CCCc1c(O)c2ccccc2c2nc(N)sc12.Cl.Cl. The predicted molar refractivity (Wildman–Crippen MR) is 91.7 cm³/mol. The van der Waals surface area contributed by atoms with Crippen LogP contribution in [0.3, 0.4) is 0 Å². The van der Waals surface area contributed by atoms with Gasteiger partial charge in [0, 0.05) is 16.3 Å². The van der Waals surface area contributed by atoms with E-state index in [0.29, 0.717) is 10.9 Å². The van der Waals surface area contributed by atoms with Crippen LogP contribution in [0.5, 0.6) is 5.75 Å². The topological polar surface area (TPSA) is 59.1 Å². The molecule has 3 aromatic rings. The number of halogens is 2. The molecule has 0 saturated heterocycles. The molecular weight excluding hydrogens is 315 g/mol. The van der Waals surface area contributed by atoms with Crippen molar-refractivity contribution in [2.45, 2.75) is 19.8 Å². The fraction of sp³-hybridized carbons (Fsp3) is 0.214. The van der Waals surface area contributed by atoms with Crippen molar-refractivity contribution in [1.82, 2.24) is 4.98 Å². The molecule has 3 nitrogen and oxygen atoms in total. The Labute approximate surface area is 133 Å². The van der Waals surface area contributed by atoms with Crippen molar-refractivity contribution in [3.05, 3.63) is 29.8 Å². The normalized spacial score (nSPS) is 10.2. The van der Waals surface area contributed by atoms with Crippen molar-refractivity contribution in [3.63, 3.8) is 0 Å². The van der Waals surface area contributed by atoms with Gasteiger partial charge in [-0.15, -0.1) is 24.8 Å². The zero-order chi connectivity index (χ0) is 12.7. The average Bonchev–Trinajstić information content (AvgIpc) is 2.76. The van der Waals surface area contributed by atoms with Gasteiger partial charge >= 0.3 is 0 Å². The Balaban J connectivity index is 0.000001000. The molecule has 0 aliphatic carbocycles. The number of anilines is 1. The number of phenolic OH excluding ortho intramolecular Hbond substituents is 1. The molecule has 0 fully saturated rings. The zero-order valence-corrected chi connectivity index (χ0v) is 13.4. The molecular formula is C14H16Cl2N2OS. The highest BCUT2D eigenvalue weighted by Crippen LogP contribution is 2.40. The number of hydrogen-bond donors (Lipinski definition) is 2. The van der Waals surface area contributed by atoms with E-state index in [2.05, 4.69) is 11.9 Å². The molecule has 20 heavy (non-hydrogen) atoms. The van der Waals surface area contributed by atoms with E-state index in [4.69, 9.17) is 5.73 Å². The van der Waals surface area contributed by atoms with Crippen molar-refractivity contribution in [3.8, 4) is 5.75 Å². The largest absolute Gasteiger partial charge is 0.507 e. The number of aromatic hydroxyl groups is 1. The first-order chi connectivity index (χ1) is 8.72. The van der Waals surface area contributed by atoms with Crippen LogP contribution in [-0.2, 0) is 6.42 Å². The van der Waals surface area contributed by atoms with E-state index in [-0.39, 0.29) is 24.8 Å². The molecule has 0 radical (unpaired) electrons. The Morgan fingerprint density at radius 3 is 2.50 bits per heavy atom. The van der Waals surface area contributed by atoms with Gasteiger partial charge < -0.3 is 10.8 Å². The maximum Gasteiger partial charge on any atom is 0.181 e. The molecule has 1 heterocycles. The summed E-state index contributed by atoms with van der Waals surface area (Å²) in [6, 6.07) is 7.79. The van der Waals surface area contributed by atoms with Crippen LogP contribution in [0.1, 0.15) is 18.9 Å². The van der Waals surface area contributed by atoms with Crippen LogP contribution in [-0.4, -0.2) is 10.1 Å². The summed E-state index contributed by atoms with van der Waals surface area (Å²) >= 11 is 1.45. The second-order valence-corrected chi connectivity index (χ2v) is 5.38. The van der Waals surface area contributed by atoms with Gasteiger partial charge in [0.05, 0.1) is 10.2 Å². The Kier molecular flexibility index (Phi) is 5.45. The number of fused-ring (bicyclic) bond motifs is 3. The minimum absolute atomic E-state index is 0. The lowest BCUT2D eigenvalue weighted by Crippen LogP contribution is -1.88. The first-order valence-electron chi connectivity index (χ1n) is 6.01. The van der Waals surface area contributed by atoms with Gasteiger partial charge in [-0.05, 0) is 6.42 Å². The smallest absolute Gasteiger partial charge is 0.181 e. The molecule has 0 amide bonds. The minimum Gasteiger partial charge on any atom is -0.507 e.